The fourth-order valence-corrected chi connectivity index (χ4v) is 2.90. The smallest absolute Gasteiger partial charge is 0.250 e. The average Bonchev–Trinajstić information content (AvgIpc) is 2.98. The molecule has 0 atom stereocenters. The van der Waals surface area contributed by atoms with E-state index in [0.29, 0.717) is 17.7 Å². The zero-order valence-electron chi connectivity index (χ0n) is 14.3. The standard InChI is InChI=1S/C18H23N3O2S/c1-4-11-23-15-8-5-14(6-9-15)7-10-16(22)19-18-21-20-17(24-18)12-13(2)3/h5-10,13H,4,11-12H2,1-3H3,(H,19,21,22)/b10-7+. The van der Waals surface area contributed by atoms with Crippen LogP contribution in [0.5, 0.6) is 5.75 Å². The molecule has 0 aliphatic rings. The molecule has 0 aliphatic carbocycles. The number of rotatable bonds is 8. The van der Waals surface area contributed by atoms with Gasteiger partial charge in [-0.2, -0.15) is 0 Å². The van der Waals surface area contributed by atoms with Gasteiger partial charge in [0.15, 0.2) is 0 Å². The highest BCUT2D eigenvalue weighted by atomic mass is 32.1. The van der Waals surface area contributed by atoms with Crippen LogP contribution in [0.3, 0.4) is 0 Å². The monoisotopic (exact) mass is 345 g/mol. The fraction of sp³-hybridized carbons (Fsp3) is 0.389. The summed E-state index contributed by atoms with van der Waals surface area (Å²) >= 11 is 1.42. The van der Waals surface area contributed by atoms with Crippen LogP contribution in [0, 0.1) is 5.92 Å². The minimum absolute atomic E-state index is 0.214. The number of amides is 1. The summed E-state index contributed by atoms with van der Waals surface area (Å²) in [4.78, 5) is 11.9. The van der Waals surface area contributed by atoms with Crippen molar-refractivity contribution in [1.82, 2.24) is 10.2 Å². The number of carbonyl (C=O) groups excluding carboxylic acids is 1. The van der Waals surface area contributed by atoms with Crippen molar-refractivity contribution in [3.63, 3.8) is 0 Å². The average molecular weight is 345 g/mol. The third-order valence-electron chi connectivity index (χ3n) is 3.06. The summed E-state index contributed by atoms with van der Waals surface area (Å²) in [5, 5.41) is 12.3. The van der Waals surface area contributed by atoms with Crippen LogP contribution < -0.4 is 10.1 Å². The topological polar surface area (TPSA) is 64.1 Å². The van der Waals surface area contributed by atoms with Crippen molar-refractivity contribution in [3.05, 3.63) is 40.9 Å². The molecule has 0 unspecified atom stereocenters. The molecule has 0 saturated carbocycles. The Morgan fingerprint density at radius 2 is 2.04 bits per heavy atom. The summed E-state index contributed by atoms with van der Waals surface area (Å²) in [6.07, 6.45) is 5.10. The summed E-state index contributed by atoms with van der Waals surface area (Å²) in [5.74, 6) is 1.14. The number of ether oxygens (including phenoxy) is 1. The van der Waals surface area contributed by atoms with Gasteiger partial charge in [-0.1, -0.05) is 44.2 Å². The Morgan fingerprint density at radius 1 is 1.29 bits per heavy atom. The van der Waals surface area contributed by atoms with Gasteiger partial charge in [0.2, 0.25) is 11.0 Å². The third-order valence-corrected chi connectivity index (χ3v) is 3.92. The highest BCUT2D eigenvalue weighted by molar-refractivity contribution is 7.15. The maximum absolute atomic E-state index is 11.9. The normalized spacial score (nSPS) is 11.2. The second-order valence-electron chi connectivity index (χ2n) is 5.84. The van der Waals surface area contributed by atoms with Crippen LogP contribution in [0.4, 0.5) is 5.13 Å². The van der Waals surface area contributed by atoms with Gasteiger partial charge in [-0.05, 0) is 36.1 Å². The van der Waals surface area contributed by atoms with E-state index >= 15 is 0 Å². The van der Waals surface area contributed by atoms with Gasteiger partial charge in [0.05, 0.1) is 6.61 Å². The number of nitrogens with one attached hydrogen (secondary N) is 1. The Morgan fingerprint density at radius 3 is 2.71 bits per heavy atom. The van der Waals surface area contributed by atoms with Crippen LogP contribution in [0.2, 0.25) is 0 Å². The van der Waals surface area contributed by atoms with E-state index in [4.69, 9.17) is 4.74 Å². The van der Waals surface area contributed by atoms with Crippen molar-refractivity contribution >= 4 is 28.5 Å². The van der Waals surface area contributed by atoms with Crippen LogP contribution >= 0.6 is 11.3 Å². The molecule has 0 fully saturated rings. The van der Waals surface area contributed by atoms with Crippen molar-refractivity contribution in [3.8, 4) is 5.75 Å². The Hall–Kier alpha value is -2.21. The highest BCUT2D eigenvalue weighted by Crippen LogP contribution is 2.18. The number of anilines is 1. The molecule has 1 aromatic carbocycles. The van der Waals surface area contributed by atoms with E-state index in [1.54, 1.807) is 6.08 Å². The molecule has 1 N–H and O–H groups in total. The molecule has 24 heavy (non-hydrogen) atoms. The number of carbonyl (C=O) groups is 1. The van der Waals surface area contributed by atoms with Crippen molar-refractivity contribution in [2.75, 3.05) is 11.9 Å². The lowest BCUT2D eigenvalue weighted by Crippen LogP contribution is -2.07. The van der Waals surface area contributed by atoms with Crippen LogP contribution in [0.1, 0.15) is 37.8 Å². The highest BCUT2D eigenvalue weighted by Gasteiger charge is 2.07. The van der Waals surface area contributed by atoms with Gasteiger partial charge < -0.3 is 4.74 Å². The molecule has 1 amide bonds. The number of nitrogens with zero attached hydrogens (tertiary/aromatic N) is 2. The molecule has 0 radical (unpaired) electrons. The summed E-state index contributed by atoms with van der Waals surface area (Å²) < 4.78 is 5.53. The lowest BCUT2D eigenvalue weighted by molar-refractivity contribution is -0.111. The van der Waals surface area contributed by atoms with Crippen LogP contribution in [-0.2, 0) is 11.2 Å². The van der Waals surface area contributed by atoms with E-state index < -0.39 is 0 Å². The Bertz CT molecular complexity index is 678. The third kappa shape index (κ3) is 6.12. The molecule has 6 heteroatoms. The SMILES string of the molecule is CCCOc1ccc(/C=C/C(=O)Nc2nnc(CC(C)C)s2)cc1. The van der Waals surface area contributed by atoms with Crippen molar-refractivity contribution < 1.29 is 9.53 Å². The van der Waals surface area contributed by atoms with E-state index in [1.165, 1.54) is 17.4 Å². The number of benzene rings is 1. The lowest BCUT2D eigenvalue weighted by atomic mass is 10.1. The first-order valence-electron chi connectivity index (χ1n) is 8.11. The second-order valence-corrected chi connectivity index (χ2v) is 6.90. The predicted molar refractivity (Wildman–Crippen MR) is 98.3 cm³/mol. The van der Waals surface area contributed by atoms with E-state index in [0.717, 1.165) is 29.2 Å². The molecule has 1 aromatic heterocycles. The molecule has 2 rings (SSSR count). The van der Waals surface area contributed by atoms with E-state index in [9.17, 15) is 4.79 Å². The van der Waals surface area contributed by atoms with Crippen LogP contribution in [0.25, 0.3) is 6.08 Å². The van der Waals surface area contributed by atoms with Gasteiger partial charge >= 0.3 is 0 Å². The minimum atomic E-state index is -0.214. The Balaban J connectivity index is 1.87. The van der Waals surface area contributed by atoms with E-state index in [-0.39, 0.29) is 5.91 Å². The number of hydrogen-bond donors (Lipinski definition) is 1. The zero-order chi connectivity index (χ0) is 17.4. The molecule has 2 aromatic rings. The van der Waals surface area contributed by atoms with E-state index in [2.05, 4.69) is 36.3 Å². The van der Waals surface area contributed by atoms with Gasteiger partial charge in [0, 0.05) is 12.5 Å². The van der Waals surface area contributed by atoms with E-state index in [1.807, 2.05) is 24.3 Å². The first-order valence-corrected chi connectivity index (χ1v) is 8.92. The maximum atomic E-state index is 11.9. The first-order chi connectivity index (χ1) is 11.6. The summed E-state index contributed by atoms with van der Waals surface area (Å²) in [7, 11) is 0. The number of hydrogen-bond acceptors (Lipinski definition) is 5. The molecular formula is C18H23N3O2S. The molecule has 0 aliphatic heterocycles. The van der Waals surface area contributed by atoms with Gasteiger partial charge in [-0.15, -0.1) is 10.2 Å². The predicted octanol–water partition coefficient (Wildman–Crippen LogP) is 4.18. The zero-order valence-corrected chi connectivity index (χ0v) is 15.1. The molecule has 5 nitrogen and oxygen atoms in total. The molecular weight excluding hydrogens is 322 g/mol. The number of aromatic nitrogens is 2. The van der Waals surface area contributed by atoms with Gasteiger partial charge in [-0.3, -0.25) is 10.1 Å². The summed E-state index contributed by atoms with van der Waals surface area (Å²) in [6.45, 7) is 7.03. The van der Waals surface area contributed by atoms with Gasteiger partial charge in [0.25, 0.3) is 0 Å². The van der Waals surface area contributed by atoms with Crippen LogP contribution in [0.15, 0.2) is 30.3 Å². The maximum Gasteiger partial charge on any atom is 0.250 e. The molecule has 0 bridgehead atoms. The van der Waals surface area contributed by atoms with Gasteiger partial charge in [0.1, 0.15) is 10.8 Å². The minimum Gasteiger partial charge on any atom is -0.494 e. The van der Waals surface area contributed by atoms with Crippen molar-refractivity contribution in [2.24, 2.45) is 5.92 Å². The summed E-state index contributed by atoms with van der Waals surface area (Å²) in [5.41, 5.74) is 0.937. The summed E-state index contributed by atoms with van der Waals surface area (Å²) in [6, 6.07) is 7.63. The largest absolute Gasteiger partial charge is 0.494 e. The van der Waals surface area contributed by atoms with Crippen molar-refractivity contribution in [2.45, 2.75) is 33.6 Å². The quantitative estimate of drug-likeness (QED) is 0.729. The molecule has 0 saturated heterocycles. The van der Waals surface area contributed by atoms with Crippen LogP contribution in [-0.4, -0.2) is 22.7 Å². The Labute approximate surface area is 146 Å². The molecule has 1 heterocycles. The fourth-order valence-electron chi connectivity index (χ4n) is 1.95. The Kier molecular flexibility index (Phi) is 6.93. The first kappa shape index (κ1) is 18.1. The molecule has 0 spiro atoms. The van der Waals surface area contributed by atoms with Crippen molar-refractivity contribution in [1.29, 1.82) is 0 Å². The van der Waals surface area contributed by atoms with Gasteiger partial charge in [-0.25, -0.2) is 0 Å². The lowest BCUT2D eigenvalue weighted by Gasteiger charge is -2.03. The molecule has 128 valence electrons. The second kappa shape index (κ2) is 9.17.